The number of carbonyl (C=O) groups excluding carboxylic acids is 1. The molecule has 0 saturated heterocycles. The van der Waals surface area contributed by atoms with E-state index in [1.54, 1.807) is 42.5 Å². The SMILES string of the molecule is O=C(CCNS(=O)(=O)c1ccc2ccccc2c1)Nc1ccc(Cl)cc1. The van der Waals surface area contributed by atoms with Crippen LogP contribution in [0.3, 0.4) is 0 Å². The monoisotopic (exact) mass is 388 g/mol. The van der Waals surface area contributed by atoms with E-state index >= 15 is 0 Å². The lowest BCUT2D eigenvalue weighted by atomic mass is 10.1. The van der Waals surface area contributed by atoms with E-state index in [0.717, 1.165) is 10.8 Å². The van der Waals surface area contributed by atoms with Gasteiger partial charge in [-0.3, -0.25) is 4.79 Å². The number of rotatable bonds is 6. The third-order valence-electron chi connectivity index (χ3n) is 3.80. The molecule has 2 N–H and O–H groups in total. The van der Waals surface area contributed by atoms with Gasteiger partial charge in [-0.1, -0.05) is 41.9 Å². The number of hydrogen-bond donors (Lipinski definition) is 2. The summed E-state index contributed by atoms with van der Waals surface area (Å²) in [7, 11) is -3.67. The van der Waals surface area contributed by atoms with Gasteiger partial charge in [-0.25, -0.2) is 13.1 Å². The summed E-state index contributed by atoms with van der Waals surface area (Å²) in [5, 5.41) is 5.07. The summed E-state index contributed by atoms with van der Waals surface area (Å²) in [6.07, 6.45) is 0.0233. The fourth-order valence-corrected chi connectivity index (χ4v) is 3.67. The van der Waals surface area contributed by atoms with E-state index in [4.69, 9.17) is 11.6 Å². The standard InChI is InChI=1S/C19H17ClN2O3S/c20-16-6-8-17(9-7-16)22-19(23)11-12-21-26(24,25)18-10-5-14-3-1-2-4-15(14)13-18/h1-10,13,21H,11-12H2,(H,22,23). The average molecular weight is 389 g/mol. The van der Waals surface area contributed by atoms with Gasteiger partial charge in [0.05, 0.1) is 4.90 Å². The summed E-state index contributed by atoms with van der Waals surface area (Å²) in [4.78, 5) is 12.1. The number of amides is 1. The zero-order valence-electron chi connectivity index (χ0n) is 13.8. The lowest BCUT2D eigenvalue weighted by Crippen LogP contribution is -2.27. The second-order valence-corrected chi connectivity index (χ2v) is 7.92. The van der Waals surface area contributed by atoms with Gasteiger partial charge in [0, 0.05) is 23.7 Å². The first-order chi connectivity index (χ1) is 12.4. The van der Waals surface area contributed by atoms with Gasteiger partial charge in [-0.15, -0.1) is 0 Å². The van der Waals surface area contributed by atoms with Crippen molar-refractivity contribution in [3.05, 3.63) is 71.8 Å². The number of anilines is 1. The topological polar surface area (TPSA) is 75.3 Å². The number of fused-ring (bicyclic) bond motifs is 1. The Labute approximate surface area is 157 Å². The third-order valence-corrected chi connectivity index (χ3v) is 5.51. The van der Waals surface area contributed by atoms with Gasteiger partial charge < -0.3 is 5.32 Å². The van der Waals surface area contributed by atoms with Crippen LogP contribution in [0.15, 0.2) is 71.6 Å². The molecule has 0 aliphatic carbocycles. The van der Waals surface area contributed by atoms with Crippen LogP contribution in [0, 0.1) is 0 Å². The highest BCUT2D eigenvalue weighted by atomic mass is 35.5. The molecule has 5 nitrogen and oxygen atoms in total. The third kappa shape index (κ3) is 4.60. The molecule has 3 aromatic carbocycles. The van der Waals surface area contributed by atoms with Crippen molar-refractivity contribution in [2.24, 2.45) is 0 Å². The normalized spacial score (nSPS) is 11.4. The van der Waals surface area contributed by atoms with Gasteiger partial charge in [-0.05, 0) is 47.2 Å². The summed E-state index contributed by atoms with van der Waals surface area (Å²) < 4.78 is 27.2. The molecular weight excluding hydrogens is 372 g/mol. The van der Waals surface area contributed by atoms with E-state index in [1.807, 2.05) is 24.3 Å². The van der Waals surface area contributed by atoms with Crippen LogP contribution in [-0.2, 0) is 14.8 Å². The molecule has 0 unspecified atom stereocenters. The molecule has 0 aliphatic rings. The minimum atomic E-state index is -3.67. The Morgan fingerprint density at radius 1 is 0.923 bits per heavy atom. The highest BCUT2D eigenvalue weighted by molar-refractivity contribution is 7.89. The van der Waals surface area contributed by atoms with Crippen LogP contribution in [0.4, 0.5) is 5.69 Å². The number of carbonyl (C=O) groups is 1. The Bertz CT molecular complexity index is 1030. The van der Waals surface area contributed by atoms with Crippen LogP contribution in [0.5, 0.6) is 0 Å². The Kier molecular flexibility index (Phi) is 5.56. The van der Waals surface area contributed by atoms with Gasteiger partial charge >= 0.3 is 0 Å². The number of halogens is 1. The van der Waals surface area contributed by atoms with Gasteiger partial charge in [-0.2, -0.15) is 0 Å². The number of benzene rings is 3. The predicted molar refractivity (Wildman–Crippen MR) is 104 cm³/mol. The molecule has 1 amide bonds. The molecule has 134 valence electrons. The molecule has 0 bridgehead atoms. The molecule has 0 aliphatic heterocycles. The van der Waals surface area contributed by atoms with Gasteiger partial charge in [0.15, 0.2) is 0 Å². The summed E-state index contributed by atoms with van der Waals surface area (Å²) in [5.74, 6) is -0.284. The molecule has 0 spiro atoms. The van der Waals surface area contributed by atoms with Crippen molar-refractivity contribution in [3.63, 3.8) is 0 Å². The van der Waals surface area contributed by atoms with E-state index in [-0.39, 0.29) is 23.8 Å². The van der Waals surface area contributed by atoms with Crippen LogP contribution in [0.2, 0.25) is 5.02 Å². The van der Waals surface area contributed by atoms with Crippen molar-refractivity contribution in [1.29, 1.82) is 0 Å². The van der Waals surface area contributed by atoms with Crippen molar-refractivity contribution in [1.82, 2.24) is 4.72 Å². The maximum atomic E-state index is 12.4. The van der Waals surface area contributed by atoms with Crippen molar-refractivity contribution < 1.29 is 13.2 Å². The van der Waals surface area contributed by atoms with E-state index in [0.29, 0.717) is 10.7 Å². The van der Waals surface area contributed by atoms with E-state index in [1.165, 1.54) is 0 Å². The highest BCUT2D eigenvalue weighted by Crippen LogP contribution is 2.19. The van der Waals surface area contributed by atoms with E-state index < -0.39 is 10.0 Å². The number of hydrogen-bond acceptors (Lipinski definition) is 3. The molecule has 3 rings (SSSR count). The van der Waals surface area contributed by atoms with Crippen molar-refractivity contribution in [3.8, 4) is 0 Å². The Hall–Kier alpha value is -2.41. The summed E-state index contributed by atoms with van der Waals surface area (Å²) in [6, 6.07) is 19.1. The van der Waals surface area contributed by atoms with Crippen molar-refractivity contribution in [2.75, 3.05) is 11.9 Å². The fraction of sp³-hybridized carbons (Fsp3) is 0.105. The van der Waals surface area contributed by atoms with Gasteiger partial charge in [0.1, 0.15) is 0 Å². The maximum Gasteiger partial charge on any atom is 0.240 e. The van der Waals surface area contributed by atoms with Crippen LogP contribution < -0.4 is 10.0 Å². The Morgan fingerprint density at radius 2 is 1.62 bits per heavy atom. The lowest BCUT2D eigenvalue weighted by Gasteiger charge is -2.08. The average Bonchev–Trinajstić information content (AvgIpc) is 2.63. The van der Waals surface area contributed by atoms with Crippen LogP contribution >= 0.6 is 11.6 Å². The smallest absolute Gasteiger partial charge is 0.240 e. The Morgan fingerprint density at radius 3 is 2.35 bits per heavy atom. The minimum absolute atomic E-state index is 0.00852. The molecule has 0 atom stereocenters. The first-order valence-corrected chi connectivity index (χ1v) is 9.84. The molecule has 3 aromatic rings. The van der Waals surface area contributed by atoms with Crippen molar-refractivity contribution in [2.45, 2.75) is 11.3 Å². The van der Waals surface area contributed by atoms with E-state index in [9.17, 15) is 13.2 Å². The molecule has 0 heterocycles. The van der Waals surface area contributed by atoms with Gasteiger partial charge in [0.2, 0.25) is 15.9 Å². The predicted octanol–water partition coefficient (Wildman–Crippen LogP) is 3.80. The number of sulfonamides is 1. The second-order valence-electron chi connectivity index (χ2n) is 5.71. The fourth-order valence-electron chi connectivity index (χ4n) is 2.47. The number of nitrogens with one attached hydrogen (secondary N) is 2. The van der Waals surface area contributed by atoms with Crippen LogP contribution in [0.25, 0.3) is 10.8 Å². The molecule has 0 saturated carbocycles. The second kappa shape index (κ2) is 7.86. The largest absolute Gasteiger partial charge is 0.326 e. The molecule has 7 heteroatoms. The van der Waals surface area contributed by atoms with Crippen LogP contribution in [0.1, 0.15) is 6.42 Å². The van der Waals surface area contributed by atoms with Crippen LogP contribution in [-0.4, -0.2) is 20.9 Å². The maximum absolute atomic E-state index is 12.4. The lowest BCUT2D eigenvalue weighted by molar-refractivity contribution is -0.116. The highest BCUT2D eigenvalue weighted by Gasteiger charge is 2.14. The first-order valence-electron chi connectivity index (χ1n) is 7.98. The molecule has 0 radical (unpaired) electrons. The van der Waals surface area contributed by atoms with Gasteiger partial charge in [0.25, 0.3) is 0 Å². The Balaban J connectivity index is 1.58. The quantitative estimate of drug-likeness (QED) is 0.674. The molecule has 26 heavy (non-hydrogen) atoms. The summed E-state index contributed by atoms with van der Waals surface area (Å²) in [5.41, 5.74) is 0.608. The minimum Gasteiger partial charge on any atom is -0.326 e. The van der Waals surface area contributed by atoms with Crippen molar-refractivity contribution >= 4 is 44.0 Å². The zero-order chi connectivity index (χ0) is 18.6. The molecular formula is C19H17ClN2O3S. The molecule has 0 aromatic heterocycles. The van der Waals surface area contributed by atoms with E-state index in [2.05, 4.69) is 10.0 Å². The summed E-state index contributed by atoms with van der Waals surface area (Å²) in [6.45, 7) is 0.00852. The first kappa shape index (κ1) is 18.4. The zero-order valence-corrected chi connectivity index (χ0v) is 15.3. The summed E-state index contributed by atoms with van der Waals surface area (Å²) >= 11 is 5.79. The molecule has 0 fully saturated rings.